The van der Waals surface area contributed by atoms with Crippen LogP contribution in [0.5, 0.6) is 0 Å². The van der Waals surface area contributed by atoms with Crippen LogP contribution in [0.4, 0.5) is 5.82 Å². The first-order valence-corrected chi connectivity index (χ1v) is 6.65. The van der Waals surface area contributed by atoms with Crippen molar-refractivity contribution >= 4 is 17.6 Å². The first-order valence-electron chi connectivity index (χ1n) is 6.65. The maximum atomic E-state index is 12.5. The van der Waals surface area contributed by atoms with E-state index < -0.39 is 0 Å². The lowest BCUT2D eigenvalue weighted by Crippen LogP contribution is -2.33. The molecule has 4 atom stereocenters. The van der Waals surface area contributed by atoms with Crippen molar-refractivity contribution in [2.75, 3.05) is 4.90 Å². The number of nitrogens with zero attached hydrogens (tertiary/aromatic N) is 2. The van der Waals surface area contributed by atoms with Crippen LogP contribution in [0.25, 0.3) is 0 Å². The molecule has 4 rings (SSSR count). The Morgan fingerprint density at radius 1 is 1.16 bits per heavy atom. The average molecular weight is 254 g/mol. The third-order valence-electron chi connectivity index (χ3n) is 4.60. The normalized spacial score (nSPS) is 35.3. The van der Waals surface area contributed by atoms with Gasteiger partial charge in [0.2, 0.25) is 11.8 Å². The van der Waals surface area contributed by atoms with Gasteiger partial charge in [-0.15, -0.1) is 0 Å². The number of allylic oxidation sites excluding steroid dienone is 2. The molecular formula is C15H14N2O2. The molecule has 2 fully saturated rings. The Kier molecular flexibility index (Phi) is 2.03. The molecule has 96 valence electrons. The molecule has 2 aliphatic carbocycles. The topological polar surface area (TPSA) is 50.3 Å². The van der Waals surface area contributed by atoms with Crippen LogP contribution in [0.2, 0.25) is 0 Å². The van der Waals surface area contributed by atoms with Crippen molar-refractivity contribution in [2.45, 2.75) is 13.3 Å². The van der Waals surface area contributed by atoms with Crippen LogP contribution >= 0.6 is 0 Å². The van der Waals surface area contributed by atoms with E-state index in [0.717, 1.165) is 12.0 Å². The highest BCUT2D eigenvalue weighted by Gasteiger charge is 2.59. The maximum Gasteiger partial charge on any atom is 0.239 e. The van der Waals surface area contributed by atoms with Crippen LogP contribution in [0.1, 0.15) is 12.0 Å². The van der Waals surface area contributed by atoms with Crippen molar-refractivity contribution in [3.63, 3.8) is 0 Å². The molecule has 1 aromatic heterocycles. The number of amides is 2. The van der Waals surface area contributed by atoms with Crippen molar-refractivity contribution in [1.29, 1.82) is 0 Å². The molecule has 0 aromatic carbocycles. The summed E-state index contributed by atoms with van der Waals surface area (Å²) >= 11 is 0. The predicted octanol–water partition coefficient (Wildman–Crippen LogP) is 1.70. The van der Waals surface area contributed by atoms with Crippen molar-refractivity contribution in [1.82, 2.24) is 4.98 Å². The minimum Gasteiger partial charge on any atom is -0.274 e. The fraction of sp³-hybridized carbons (Fsp3) is 0.400. The predicted molar refractivity (Wildman–Crippen MR) is 69.2 cm³/mol. The highest BCUT2D eigenvalue weighted by atomic mass is 16.2. The summed E-state index contributed by atoms with van der Waals surface area (Å²) in [5.41, 5.74) is 1.00. The zero-order valence-electron chi connectivity index (χ0n) is 10.6. The van der Waals surface area contributed by atoms with E-state index in [2.05, 4.69) is 17.1 Å². The van der Waals surface area contributed by atoms with Crippen molar-refractivity contribution in [2.24, 2.45) is 23.7 Å². The van der Waals surface area contributed by atoms with E-state index >= 15 is 0 Å². The van der Waals surface area contributed by atoms with E-state index in [0.29, 0.717) is 5.82 Å². The molecule has 1 saturated carbocycles. The molecular weight excluding hydrogens is 240 g/mol. The molecule has 4 heteroatoms. The second-order valence-corrected chi connectivity index (χ2v) is 5.70. The molecule has 2 bridgehead atoms. The number of imide groups is 1. The molecule has 19 heavy (non-hydrogen) atoms. The molecule has 2 heterocycles. The van der Waals surface area contributed by atoms with Crippen LogP contribution in [-0.4, -0.2) is 16.8 Å². The summed E-state index contributed by atoms with van der Waals surface area (Å²) < 4.78 is 0. The highest BCUT2D eigenvalue weighted by molar-refractivity contribution is 6.22. The third kappa shape index (κ3) is 1.31. The molecule has 0 spiro atoms. The van der Waals surface area contributed by atoms with Crippen LogP contribution in [0, 0.1) is 30.6 Å². The van der Waals surface area contributed by atoms with Gasteiger partial charge in [0.1, 0.15) is 5.82 Å². The molecule has 3 aliphatic rings. The molecule has 1 saturated heterocycles. The van der Waals surface area contributed by atoms with Gasteiger partial charge in [-0.05, 0) is 42.9 Å². The lowest BCUT2D eigenvalue weighted by Gasteiger charge is -2.16. The monoisotopic (exact) mass is 254 g/mol. The Morgan fingerprint density at radius 3 is 2.37 bits per heavy atom. The third-order valence-corrected chi connectivity index (χ3v) is 4.60. The summed E-state index contributed by atoms with van der Waals surface area (Å²) in [6.07, 6.45) is 6.81. The lowest BCUT2D eigenvalue weighted by molar-refractivity contribution is -0.123. The molecule has 0 N–H and O–H groups in total. The van der Waals surface area contributed by atoms with Gasteiger partial charge in [0.05, 0.1) is 11.8 Å². The van der Waals surface area contributed by atoms with Crippen LogP contribution in [0.3, 0.4) is 0 Å². The molecule has 4 nitrogen and oxygen atoms in total. The summed E-state index contributed by atoms with van der Waals surface area (Å²) in [4.78, 5) is 30.5. The number of hydrogen-bond donors (Lipinski definition) is 0. The molecule has 1 aliphatic heterocycles. The number of pyridine rings is 1. The summed E-state index contributed by atoms with van der Waals surface area (Å²) in [6, 6.07) is 3.66. The first-order chi connectivity index (χ1) is 9.16. The van der Waals surface area contributed by atoms with E-state index in [9.17, 15) is 9.59 Å². The number of anilines is 1. The largest absolute Gasteiger partial charge is 0.274 e. The number of aromatic nitrogens is 1. The second kappa shape index (κ2) is 3.53. The Labute approximate surface area is 111 Å². The van der Waals surface area contributed by atoms with Gasteiger partial charge < -0.3 is 0 Å². The van der Waals surface area contributed by atoms with Gasteiger partial charge in [-0.3, -0.25) is 9.59 Å². The Hall–Kier alpha value is -1.97. The fourth-order valence-electron chi connectivity index (χ4n) is 3.77. The summed E-state index contributed by atoms with van der Waals surface area (Å²) in [7, 11) is 0. The van der Waals surface area contributed by atoms with Gasteiger partial charge in [0, 0.05) is 6.20 Å². The van der Waals surface area contributed by atoms with Crippen LogP contribution < -0.4 is 4.90 Å². The van der Waals surface area contributed by atoms with E-state index in [4.69, 9.17) is 0 Å². The number of rotatable bonds is 1. The van der Waals surface area contributed by atoms with Crippen LogP contribution in [-0.2, 0) is 9.59 Å². The number of carbonyl (C=O) groups is 2. The van der Waals surface area contributed by atoms with Gasteiger partial charge >= 0.3 is 0 Å². The summed E-state index contributed by atoms with van der Waals surface area (Å²) in [6.45, 7) is 1.93. The highest BCUT2D eigenvalue weighted by Crippen LogP contribution is 2.52. The van der Waals surface area contributed by atoms with Gasteiger partial charge in [0.25, 0.3) is 0 Å². The first kappa shape index (κ1) is 10.9. The fourth-order valence-corrected chi connectivity index (χ4v) is 3.77. The molecule has 2 amide bonds. The molecule has 0 radical (unpaired) electrons. The standard InChI is InChI=1S/C15H14N2O2/c1-8-4-5-16-11(6-8)17-14(18)12-9-2-3-10(7-9)13(12)15(17)19/h2-6,9-10,12-13H,7H2,1H3/t9-,10-,12-,13+/m0/s1. The van der Waals surface area contributed by atoms with Crippen molar-refractivity contribution in [3.05, 3.63) is 36.0 Å². The number of fused-ring (bicyclic) bond motifs is 5. The molecule has 0 unspecified atom stereocenters. The zero-order valence-corrected chi connectivity index (χ0v) is 10.6. The van der Waals surface area contributed by atoms with E-state index in [-0.39, 0.29) is 35.5 Å². The second-order valence-electron chi connectivity index (χ2n) is 5.70. The minimum absolute atomic E-state index is 0.0649. The van der Waals surface area contributed by atoms with Crippen molar-refractivity contribution in [3.8, 4) is 0 Å². The summed E-state index contributed by atoms with van der Waals surface area (Å²) in [5, 5.41) is 0. The van der Waals surface area contributed by atoms with Crippen molar-refractivity contribution < 1.29 is 9.59 Å². The number of hydrogen-bond acceptors (Lipinski definition) is 3. The zero-order chi connectivity index (χ0) is 13.1. The van der Waals surface area contributed by atoms with Crippen LogP contribution in [0.15, 0.2) is 30.5 Å². The van der Waals surface area contributed by atoms with E-state index in [1.165, 1.54) is 4.90 Å². The Morgan fingerprint density at radius 2 is 1.79 bits per heavy atom. The van der Waals surface area contributed by atoms with Gasteiger partial charge in [-0.1, -0.05) is 12.2 Å². The average Bonchev–Trinajstić information content (AvgIpc) is 3.04. The number of aryl methyl sites for hydroxylation is 1. The van der Waals surface area contributed by atoms with Gasteiger partial charge in [0.15, 0.2) is 0 Å². The quantitative estimate of drug-likeness (QED) is 0.566. The Bertz CT molecular complexity index is 592. The number of carbonyl (C=O) groups excluding carboxylic acids is 2. The van der Waals surface area contributed by atoms with Gasteiger partial charge in [-0.2, -0.15) is 0 Å². The summed E-state index contributed by atoms with van der Waals surface area (Å²) in [5.74, 6) is 0.552. The smallest absolute Gasteiger partial charge is 0.239 e. The SMILES string of the molecule is Cc1ccnc(N2C(=O)[C@@H]3[C@H](C2=O)[C@H]2C=C[C@H]3C2)c1. The van der Waals surface area contributed by atoms with Gasteiger partial charge in [-0.25, -0.2) is 9.88 Å². The molecule has 1 aromatic rings. The Balaban J connectivity index is 1.77. The minimum atomic E-state index is -0.148. The van der Waals surface area contributed by atoms with E-state index in [1.807, 2.05) is 13.0 Å². The lowest BCUT2D eigenvalue weighted by atomic mass is 9.85. The van der Waals surface area contributed by atoms with E-state index in [1.54, 1.807) is 12.3 Å². The maximum absolute atomic E-state index is 12.5.